The van der Waals surface area contributed by atoms with E-state index in [1.807, 2.05) is 6.08 Å². The van der Waals surface area contributed by atoms with E-state index in [1.54, 1.807) is 6.08 Å². The van der Waals surface area contributed by atoms with E-state index in [0.717, 1.165) is 71.1 Å². The van der Waals surface area contributed by atoms with E-state index in [1.165, 1.54) is 122 Å². The molecule has 0 aromatic carbocycles. The molecule has 20 N–H and O–H groups in total. The van der Waals surface area contributed by atoms with E-state index < -0.39 is 229 Å². The molecule has 10 unspecified atom stereocenters. The third kappa shape index (κ3) is 31.0. The number of carboxylic acids is 1. The maximum Gasteiger partial charge on any atom is 0.364 e. The van der Waals surface area contributed by atoms with Gasteiger partial charge in [-0.2, -0.15) is 0 Å². The van der Waals surface area contributed by atoms with Crippen LogP contribution in [-0.4, -0.2) is 321 Å². The number of aliphatic hydroxyl groups excluding tert-OH is 17. The zero-order chi connectivity index (χ0) is 80.7. The maximum atomic E-state index is 13.6. The van der Waals surface area contributed by atoms with Crippen LogP contribution in [-0.2, 0) is 61.8 Å². The lowest BCUT2D eigenvalue weighted by atomic mass is 9.90. The SMILES string of the molecule is CCCCCCCC/C=C\CCCCCCCCCCCCCC(=O)N[C@@H](CO[C@@H]1OC(CO)[C@@H](O[C@@H]2OC(CO)[C@H](O[C@@H]3OC(CO)[C@H](O)[C@H](O[C@@H]4OC(CO)[C@H](O)[C@H](O)C4O)C3NC(C)=O)[C@H](O[C@]3(C(=O)O)CC(O)[C@@H](O)C([C@H](O)[C@H](O)CO)O3)C2O)[C@H](O)C1O)[C@H](O)/C=C/CCCCCCCCCCCCC. The summed E-state index contributed by atoms with van der Waals surface area (Å²) >= 11 is 0. The number of carbonyl (C=O) groups excluding carboxylic acids is 2. The Morgan fingerprint density at radius 1 is 0.473 bits per heavy atom. The Kier molecular flexibility index (Phi) is 47.1. The number of aliphatic carboxylic acids is 1. The quantitative estimate of drug-likeness (QED) is 0.0297. The van der Waals surface area contributed by atoms with Crippen LogP contribution < -0.4 is 10.6 Å². The van der Waals surface area contributed by atoms with Gasteiger partial charge in [0.1, 0.15) is 122 Å². The van der Waals surface area contributed by atoms with Crippen LogP contribution in [0.3, 0.4) is 0 Å². The van der Waals surface area contributed by atoms with Gasteiger partial charge in [-0.15, -0.1) is 0 Å². The van der Waals surface area contributed by atoms with E-state index >= 15 is 0 Å². The van der Waals surface area contributed by atoms with Crippen molar-refractivity contribution in [1.29, 1.82) is 0 Å². The molecule has 0 saturated carbocycles. The van der Waals surface area contributed by atoms with E-state index in [9.17, 15) is 106 Å². The molecule has 5 aliphatic heterocycles. The summed E-state index contributed by atoms with van der Waals surface area (Å²) in [6.07, 6.45) is -9.58. The summed E-state index contributed by atoms with van der Waals surface area (Å²) in [6.45, 7) is -0.618. The molecular formula is C77H138N2O31. The number of ether oxygens (including phenoxy) is 10. The highest BCUT2D eigenvalue weighted by atomic mass is 16.8. The largest absolute Gasteiger partial charge is 0.477 e. The monoisotopic (exact) mass is 1590 g/mol. The van der Waals surface area contributed by atoms with Crippen molar-refractivity contribution >= 4 is 17.8 Å². The molecule has 0 bridgehead atoms. The van der Waals surface area contributed by atoms with Crippen molar-refractivity contribution < 1.29 is 154 Å². The lowest BCUT2D eigenvalue weighted by molar-refractivity contribution is -0.406. The van der Waals surface area contributed by atoms with Crippen LogP contribution >= 0.6 is 0 Å². The number of amides is 2. The van der Waals surface area contributed by atoms with Gasteiger partial charge in [0.05, 0.1) is 57.9 Å². The van der Waals surface area contributed by atoms with Gasteiger partial charge in [0.2, 0.25) is 11.8 Å². The number of unbranched alkanes of at least 4 members (excludes halogenated alkanes) is 28. The molecule has 28 atom stereocenters. The number of nitrogens with one attached hydrogen (secondary N) is 2. The van der Waals surface area contributed by atoms with Gasteiger partial charge in [0, 0.05) is 19.8 Å². The Morgan fingerprint density at radius 3 is 1.42 bits per heavy atom. The highest BCUT2D eigenvalue weighted by Gasteiger charge is 2.62. The number of allylic oxidation sites excluding steroid dienone is 3. The van der Waals surface area contributed by atoms with Crippen LogP contribution in [0.15, 0.2) is 24.3 Å². The summed E-state index contributed by atoms with van der Waals surface area (Å²) in [5, 5.41) is 204. The third-order valence-electron chi connectivity index (χ3n) is 21.3. The Hall–Kier alpha value is -3.19. The first-order chi connectivity index (χ1) is 52.9. The number of carboxylic acid groups (broad SMARTS) is 1. The number of aliphatic hydroxyl groups is 17. The topological polar surface area (TPSA) is 532 Å². The molecule has 0 spiro atoms. The molecule has 5 rings (SSSR count). The predicted molar refractivity (Wildman–Crippen MR) is 394 cm³/mol. The smallest absolute Gasteiger partial charge is 0.364 e. The zero-order valence-corrected chi connectivity index (χ0v) is 64.8. The molecule has 33 nitrogen and oxygen atoms in total. The Bertz CT molecular complexity index is 2530. The fourth-order valence-electron chi connectivity index (χ4n) is 14.6. The van der Waals surface area contributed by atoms with Gasteiger partial charge in [0.25, 0.3) is 5.79 Å². The van der Waals surface area contributed by atoms with Crippen molar-refractivity contribution in [2.75, 3.05) is 39.6 Å². The van der Waals surface area contributed by atoms with E-state index in [2.05, 4.69) is 36.6 Å². The lowest BCUT2D eigenvalue weighted by Crippen LogP contribution is -2.71. The molecule has 0 radical (unpaired) electrons. The second-order valence-corrected chi connectivity index (χ2v) is 30.3. The van der Waals surface area contributed by atoms with Gasteiger partial charge in [-0.25, -0.2) is 4.79 Å². The van der Waals surface area contributed by atoms with Crippen molar-refractivity contribution in [2.45, 2.75) is 404 Å². The summed E-state index contributed by atoms with van der Waals surface area (Å²) in [5.41, 5.74) is 0. The average Bonchev–Trinajstić information content (AvgIpc) is 0.749. The molecule has 110 heavy (non-hydrogen) atoms. The lowest BCUT2D eigenvalue weighted by Gasteiger charge is -2.52. The summed E-state index contributed by atoms with van der Waals surface area (Å²) in [4.78, 5) is 40.3. The Labute approximate surface area is 647 Å². The van der Waals surface area contributed by atoms with Gasteiger partial charge in [0.15, 0.2) is 25.2 Å². The van der Waals surface area contributed by atoms with Crippen molar-refractivity contribution in [3.8, 4) is 0 Å². The van der Waals surface area contributed by atoms with Gasteiger partial charge in [-0.1, -0.05) is 192 Å². The van der Waals surface area contributed by atoms with E-state index in [0.29, 0.717) is 12.8 Å². The minimum absolute atomic E-state index is 0.135. The van der Waals surface area contributed by atoms with Crippen LogP contribution in [0.2, 0.25) is 0 Å². The molecule has 0 aromatic rings. The van der Waals surface area contributed by atoms with Crippen molar-refractivity contribution in [3.05, 3.63) is 24.3 Å². The van der Waals surface area contributed by atoms with Gasteiger partial charge >= 0.3 is 5.97 Å². The molecule has 5 fully saturated rings. The number of carbonyl (C=O) groups is 3. The zero-order valence-electron chi connectivity index (χ0n) is 64.8. The average molecular weight is 1590 g/mol. The Morgan fingerprint density at radius 2 is 0.909 bits per heavy atom. The molecule has 5 aliphatic rings. The van der Waals surface area contributed by atoms with E-state index in [-0.39, 0.29) is 12.3 Å². The second kappa shape index (κ2) is 53.2. The van der Waals surface area contributed by atoms with Crippen LogP contribution in [0.25, 0.3) is 0 Å². The molecule has 2 amide bonds. The normalized spacial score (nSPS) is 34.1. The first kappa shape index (κ1) is 97.4. The first-order valence-corrected chi connectivity index (χ1v) is 40.8. The summed E-state index contributed by atoms with van der Waals surface area (Å²) in [6, 6.07) is -3.03. The fourth-order valence-corrected chi connectivity index (χ4v) is 14.6. The number of hydrogen-bond donors (Lipinski definition) is 20. The minimum atomic E-state index is -3.38. The molecular weight excluding hydrogens is 1450 g/mol. The van der Waals surface area contributed by atoms with Crippen molar-refractivity contribution in [3.63, 3.8) is 0 Å². The summed E-state index contributed by atoms with van der Waals surface area (Å²) < 4.78 is 59.6. The molecule has 0 aliphatic carbocycles. The molecule has 5 heterocycles. The minimum Gasteiger partial charge on any atom is -0.477 e. The van der Waals surface area contributed by atoms with Crippen molar-refractivity contribution in [1.82, 2.24) is 10.6 Å². The third-order valence-corrected chi connectivity index (χ3v) is 21.3. The van der Waals surface area contributed by atoms with Crippen LogP contribution in [0.5, 0.6) is 0 Å². The molecule has 5 saturated heterocycles. The maximum absolute atomic E-state index is 13.6. The van der Waals surface area contributed by atoms with Gasteiger partial charge in [-0.05, 0) is 44.9 Å². The van der Waals surface area contributed by atoms with Crippen LogP contribution in [0, 0.1) is 0 Å². The van der Waals surface area contributed by atoms with Crippen LogP contribution in [0.1, 0.15) is 233 Å². The highest BCUT2D eigenvalue weighted by molar-refractivity contribution is 5.76. The number of hydrogen-bond acceptors (Lipinski definition) is 30. The van der Waals surface area contributed by atoms with E-state index in [4.69, 9.17) is 47.4 Å². The summed E-state index contributed by atoms with van der Waals surface area (Å²) in [7, 11) is 0. The summed E-state index contributed by atoms with van der Waals surface area (Å²) in [5.74, 6) is -6.84. The first-order valence-electron chi connectivity index (χ1n) is 40.8. The van der Waals surface area contributed by atoms with Gasteiger partial charge < -0.3 is 150 Å². The fraction of sp³-hybridized carbons (Fsp3) is 0.909. The highest BCUT2D eigenvalue weighted by Crippen LogP contribution is 2.41. The standard InChI is InChI=1S/C77H138N2O31/c1-4-6-8-10-12-14-16-18-19-20-21-22-23-24-25-27-29-31-33-35-37-39-56(89)79-48(49(86)38-36-34-32-30-28-26-17-15-13-11-9-7-5-2)46-101-73-65(97)63(95)67(54(44-83)104-73)106-75-66(98)71(110-77(76(99)100)40-50(87)58(90)70(109-77)59(91)51(88)41-80)68(55(45-84)105-75)107-72-57(78-47(3)85)69(61(93)53(43-82)102-72)108-74-64(96)62(94)60(92)52(42-81)103-74/h18-19,36,38,48-55,57-75,80-84,86-88,90-98H,4-17,20-35,37,39-46H2,1-3H3,(H,78,85)(H,79,89)(H,99,100)/b19-18-,38-36+/t48-,49+,50?,51+,52?,53?,54?,55?,57?,58+,59+,60-,61-,62-,63+,64?,65?,66?,67+,68-,69+,70?,71+,72-,73+,74-,75-,77-/m0/s1. The Balaban J connectivity index is 1.31. The number of rotatable bonds is 56. The second-order valence-electron chi connectivity index (χ2n) is 30.3. The molecule has 0 aromatic heterocycles. The van der Waals surface area contributed by atoms with Crippen LogP contribution in [0.4, 0.5) is 0 Å². The molecule has 642 valence electrons. The van der Waals surface area contributed by atoms with Crippen molar-refractivity contribution in [2.24, 2.45) is 0 Å². The van der Waals surface area contributed by atoms with Gasteiger partial charge in [-0.3, -0.25) is 9.59 Å². The predicted octanol–water partition coefficient (Wildman–Crippen LogP) is 0.930. The molecule has 33 heteroatoms.